The average Bonchev–Trinajstić information content (AvgIpc) is 2.74. The van der Waals surface area contributed by atoms with Crippen LogP contribution in [0.4, 0.5) is 4.39 Å². The lowest BCUT2D eigenvalue weighted by atomic mass is 10.2. The number of nitrogens with one attached hydrogen (secondary N) is 1. The number of rotatable bonds is 8. The first-order chi connectivity index (χ1) is 14.0. The lowest BCUT2D eigenvalue weighted by Gasteiger charge is -2.16. The Bertz CT molecular complexity index is 939. The molecule has 3 aromatic rings. The van der Waals surface area contributed by atoms with Crippen molar-refractivity contribution in [1.29, 1.82) is 0 Å². The van der Waals surface area contributed by atoms with Crippen LogP contribution in [0.2, 0.25) is 0 Å². The van der Waals surface area contributed by atoms with Crippen molar-refractivity contribution in [3.8, 4) is 11.5 Å². The number of ether oxygens (including phenoxy) is 2. The number of carbonyl (C=O) groups is 1. The van der Waals surface area contributed by atoms with Crippen LogP contribution in [-0.4, -0.2) is 12.0 Å². The molecule has 0 saturated carbocycles. The summed E-state index contributed by atoms with van der Waals surface area (Å²) in [6.45, 7) is 4.44. The molecule has 0 spiro atoms. The number of halogens is 1. The molecule has 0 radical (unpaired) electrons. The predicted molar refractivity (Wildman–Crippen MR) is 110 cm³/mol. The maximum absolute atomic E-state index is 12.9. The fourth-order valence-electron chi connectivity index (χ4n) is 2.72. The number of amides is 1. The van der Waals surface area contributed by atoms with Crippen molar-refractivity contribution in [3.63, 3.8) is 0 Å². The van der Waals surface area contributed by atoms with Gasteiger partial charge in [0.05, 0.1) is 0 Å². The first kappa shape index (κ1) is 20.4. The van der Waals surface area contributed by atoms with Crippen molar-refractivity contribution >= 4 is 5.91 Å². The minimum Gasteiger partial charge on any atom is -0.489 e. The van der Waals surface area contributed by atoms with Crippen molar-refractivity contribution in [1.82, 2.24) is 5.32 Å². The van der Waals surface area contributed by atoms with Crippen molar-refractivity contribution in [2.45, 2.75) is 33.1 Å². The summed E-state index contributed by atoms with van der Waals surface area (Å²) in [6.07, 6.45) is -0.589. The first-order valence-corrected chi connectivity index (χ1v) is 9.47. The van der Waals surface area contributed by atoms with E-state index in [1.54, 1.807) is 19.1 Å². The Balaban J connectivity index is 1.46. The molecule has 0 aliphatic carbocycles. The second-order valence-corrected chi connectivity index (χ2v) is 6.80. The van der Waals surface area contributed by atoms with Gasteiger partial charge in [-0.3, -0.25) is 4.79 Å². The highest BCUT2D eigenvalue weighted by atomic mass is 19.1. The van der Waals surface area contributed by atoms with Crippen LogP contribution in [0.1, 0.15) is 23.6 Å². The summed E-state index contributed by atoms with van der Waals surface area (Å²) in [4.78, 5) is 12.3. The second kappa shape index (κ2) is 9.73. The molecule has 0 aliphatic rings. The molecule has 0 saturated heterocycles. The zero-order valence-electron chi connectivity index (χ0n) is 16.5. The number of hydrogen-bond acceptors (Lipinski definition) is 3. The summed E-state index contributed by atoms with van der Waals surface area (Å²) in [5.41, 5.74) is 2.84. The normalized spacial score (nSPS) is 11.6. The highest BCUT2D eigenvalue weighted by Crippen LogP contribution is 2.18. The topological polar surface area (TPSA) is 47.6 Å². The predicted octanol–water partition coefficient (Wildman–Crippen LogP) is 4.80. The van der Waals surface area contributed by atoms with E-state index in [9.17, 15) is 9.18 Å². The molecule has 29 heavy (non-hydrogen) atoms. The minimum absolute atomic E-state index is 0.176. The number of carbonyl (C=O) groups excluding carboxylic acids is 1. The molecule has 0 aliphatic heterocycles. The Kier molecular flexibility index (Phi) is 6.85. The van der Waals surface area contributed by atoms with Gasteiger partial charge in [-0.15, -0.1) is 0 Å². The Morgan fingerprint density at radius 2 is 1.62 bits per heavy atom. The lowest BCUT2D eigenvalue weighted by molar-refractivity contribution is -0.127. The van der Waals surface area contributed by atoms with E-state index in [2.05, 4.69) is 5.32 Å². The van der Waals surface area contributed by atoms with E-state index in [0.717, 1.165) is 16.7 Å². The first-order valence-electron chi connectivity index (χ1n) is 9.47. The molecule has 1 N–H and O–H groups in total. The fraction of sp³-hybridized carbons (Fsp3) is 0.208. The van der Waals surface area contributed by atoms with Gasteiger partial charge in [0.15, 0.2) is 6.10 Å². The number of aryl methyl sites for hydroxylation is 1. The fourth-order valence-corrected chi connectivity index (χ4v) is 2.72. The molecule has 0 bridgehead atoms. The molecule has 4 nitrogen and oxygen atoms in total. The van der Waals surface area contributed by atoms with Gasteiger partial charge in [-0.1, -0.05) is 42.5 Å². The second-order valence-electron chi connectivity index (χ2n) is 6.80. The van der Waals surface area contributed by atoms with E-state index >= 15 is 0 Å². The SMILES string of the molecule is Cc1ccccc1O[C@@H](C)C(=O)NCc1ccc(OCc2ccc(F)cc2)cc1. The highest BCUT2D eigenvalue weighted by molar-refractivity contribution is 5.80. The van der Waals surface area contributed by atoms with Gasteiger partial charge in [0.2, 0.25) is 0 Å². The molecule has 1 amide bonds. The zero-order valence-corrected chi connectivity index (χ0v) is 16.5. The van der Waals surface area contributed by atoms with Crippen LogP contribution >= 0.6 is 0 Å². The van der Waals surface area contributed by atoms with Gasteiger partial charge in [0, 0.05) is 6.54 Å². The third-order valence-electron chi connectivity index (χ3n) is 4.48. The van der Waals surface area contributed by atoms with Crippen molar-refractivity contribution in [2.24, 2.45) is 0 Å². The van der Waals surface area contributed by atoms with E-state index in [4.69, 9.17) is 9.47 Å². The van der Waals surface area contributed by atoms with Gasteiger partial charge >= 0.3 is 0 Å². The Morgan fingerprint density at radius 3 is 2.31 bits per heavy atom. The van der Waals surface area contributed by atoms with Crippen molar-refractivity contribution in [3.05, 3.63) is 95.3 Å². The summed E-state index contributed by atoms with van der Waals surface area (Å²) in [5.74, 6) is 0.974. The molecule has 0 aromatic heterocycles. The number of hydrogen-bond donors (Lipinski definition) is 1. The molecular weight excluding hydrogens is 369 g/mol. The van der Waals surface area contributed by atoms with Gasteiger partial charge in [0.25, 0.3) is 5.91 Å². The monoisotopic (exact) mass is 393 g/mol. The van der Waals surface area contributed by atoms with E-state index in [0.29, 0.717) is 24.7 Å². The Labute approximate surface area is 170 Å². The molecular formula is C24H24FNO3. The third-order valence-corrected chi connectivity index (χ3v) is 4.48. The van der Waals surface area contributed by atoms with Gasteiger partial charge in [-0.25, -0.2) is 4.39 Å². The summed E-state index contributed by atoms with van der Waals surface area (Å²) >= 11 is 0. The molecule has 0 unspecified atom stereocenters. The number of benzene rings is 3. The maximum Gasteiger partial charge on any atom is 0.261 e. The Hall–Kier alpha value is -3.34. The van der Waals surface area contributed by atoms with Gasteiger partial charge in [-0.05, 0) is 60.9 Å². The van der Waals surface area contributed by atoms with Crippen molar-refractivity contribution < 1.29 is 18.7 Å². The van der Waals surface area contributed by atoms with Crippen LogP contribution < -0.4 is 14.8 Å². The van der Waals surface area contributed by atoms with Crippen LogP contribution in [0.25, 0.3) is 0 Å². The van der Waals surface area contributed by atoms with Crippen LogP contribution in [-0.2, 0) is 17.9 Å². The summed E-state index contributed by atoms with van der Waals surface area (Å²) in [5, 5.41) is 2.88. The van der Waals surface area contributed by atoms with Gasteiger partial charge in [0.1, 0.15) is 23.9 Å². The molecule has 0 heterocycles. The standard InChI is InChI=1S/C24H24FNO3/c1-17-5-3-4-6-23(17)29-18(2)24(27)26-15-19-9-13-22(14-10-19)28-16-20-7-11-21(25)12-8-20/h3-14,18H,15-16H2,1-2H3,(H,26,27)/t18-/m0/s1. The quantitative estimate of drug-likeness (QED) is 0.598. The van der Waals surface area contributed by atoms with E-state index in [-0.39, 0.29) is 11.7 Å². The number of para-hydroxylation sites is 1. The summed E-state index contributed by atoms with van der Waals surface area (Å²) in [6, 6.07) is 21.3. The largest absolute Gasteiger partial charge is 0.489 e. The highest BCUT2D eigenvalue weighted by Gasteiger charge is 2.15. The average molecular weight is 393 g/mol. The smallest absolute Gasteiger partial charge is 0.261 e. The zero-order chi connectivity index (χ0) is 20.6. The van der Waals surface area contributed by atoms with Crippen LogP contribution in [0, 0.1) is 12.7 Å². The van der Waals surface area contributed by atoms with Gasteiger partial charge in [-0.2, -0.15) is 0 Å². The Morgan fingerprint density at radius 1 is 0.966 bits per heavy atom. The summed E-state index contributed by atoms with van der Waals surface area (Å²) in [7, 11) is 0. The molecule has 150 valence electrons. The van der Waals surface area contributed by atoms with E-state index in [1.165, 1.54) is 12.1 Å². The van der Waals surface area contributed by atoms with E-state index in [1.807, 2.05) is 55.5 Å². The van der Waals surface area contributed by atoms with E-state index < -0.39 is 6.10 Å². The van der Waals surface area contributed by atoms with Gasteiger partial charge < -0.3 is 14.8 Å². The van der Waals surface area contributed by atoms with Crippen LogP contribution in [0.3, 0.4) is 0 Å². The van der Waals surface area contributed by atoms with Crippen LogP contribution in [0.15, 0.2) is 72.8 Å². The maximum atomic E-state index is 12.9. The minimum atomic E-state index is -0.589. The molecule has 3 rings (SSSR count). The van der Waals surface area contributed by atoms with Crippen molar-refractivity contribution in [2.75, 3.05) is 0 Å². The van der Waals surface area contributed by atoms with Crippen LogP contribution in [0.5, 0.6) is 11.5 Å². The third kappa shape index (κ3) is 6.07. The molecule has 5 heteroatoms. The molecule has 3 aromatic carbocycles. The molecule has 1 atom stereocenters. The summed E-state index contributed by atoms with van der Waals surface area (Å²) < 4.78 is 24.4. The molecule has 0 fully saturated rings. The lowest BCUT2D eigenvalue weighted by Crippen LogP contribution is -2.36.